The molecule has 58 valence electrons. The monoisotopic (exact) mass is 279 g/mol. The normalized spacial score (nSPS) is 11.6. The quantitative estimate of drug-likeness (QED) is 0.341. The number of hydrogen-bond donors (Lipinski definition) is 0. The molecule has 0 aliphatic rings. The van der Waals surface area contributed by atoms with Crippen LogP contribution in [0.15, 0.2) is 35.3 Å². The fourth-order valence-electron chi connectivity index (χ4n) is 0.719. The third-order valence-corrected chi connectivity index (χ3v) is 2.29. The SMILES string of the molecule is ClC/N=C(\I)c1ccccc1. The van der Waals surface area contributed by atoms with Crippen LogP contribution in [0.25, 0.3) is 0 Å². The lowest BCUT2D eigenvalue weighted by molar-refractivity contribution is 1.38. The molecule has 0 amide bonds. The van der Waals surface area contributed by atoms with Gasteiger partial charge in [0, 0.05) is 5.56 Å². The highest BCUT2D eigenvalue weighted by atomic mass is 127. The van der Waals surface area contributed by atoms with Crippen LogP contribution in [0.4, 0.5) is 0 Å². The van der Waals surface area contributed by atoms with E-state index in [1.165, 1.54) is 0 Å². The van der Waals surface area contributed by atoms with E-state index in [0.717, 1.165) is 9.28 Å². The summed E-state index contributed by atoms with van der Waals surface area (Å²) >= 11 is 7.63. The van der Waals surface area contributed by atoms with Gasteiger partial charge in [-0.15, -0.1) is 11.6 Å². The lowest BCUT2D eigenvalue weighted by Gasteiger charge is -1.95. The van der Waals surface area contributed by atoms with Crippen molar-refractivity contribution in [3.05, 3.63) is 35.9 Å². The Labute approximate surface area is 84.6 Å². The van der Waals surface area contributed by atoms with Gasteiger partial charge in [-0.3, -0.25) is 4.99 Å². The van der Waals surface area contributed by atoms with Crippen molar-refractivity contribution in [1.29, 1.82) is 0 Å². The second-order valence-electron chi connectivity index (χ2n) is 1.93. The molecular weight excluding hydrogens is 272 g/mol. The van der Waals surface area contributed by atoms with Crippen LogP contribution in [-0.4, -0.2) is 9.72 Å². The molecule has 0 radical (unpaired) electrons. The highest BCUT2D eigenvalue weighted by molar-refractivity contribution is 14.1. The maximum absolute atomic E-state index is 5.45. The van der Waals surface area contributed by atoms with Gasteiger partial charge in [-0.1, -0.05) is 30.3 Å². The first-order chi connectivity index (χ1) is 5.34. The summed E-state index contributed by atoms with van der Waals surface area (Å²) < 4.78 is 0.957. The largest absolute Gasteiger partial charge is 0.262 e. The molecule has 0 aliphatic heterocycles. The van der Waals surface area contributed by atoms with Crippen molar-refractivity contribution in [2.45, 2.75) is 0 Å². The Hall–Kier alpha value is -0.0900. The number of hydrogen-bond acceptors (Lipinski definition) is 1. The Bertz CT molecular complexity index is 246. The van der Waals surface area contributed by atoms with Crippen molar-refractivity contribution < 1.29 is 0 Å². The molecule has 1 aromatic carbocycles. The second-order valence-corrected chi connectivity index (χ2v) is 3.20. The van der Waals surface area contributed by atoms with E-state index < -0.39 is 0 Å². The molecule has 1 rings (SSSR count). The van der Waals surface area contributed by atoms with Crippen molar-refractivity contribution >= 4 is 37.9 Å². The summed E-state index contributed by atoms with van der Waals surface area (Å²) in [5.74, 6) is 0. The van der Waals surface area contributed by atoms with E-state index in [0.29, 0.717) is 6.00 Å². The number of alkyl halides is 1. The molecule has 3 heteroatoms. The first-order valence-corrected chi connectivity index (χ1v) is 4.77. The van der Waals surface area contributed by atoms with Crippen molar-refractivity contribution in [3.63, 3.8) is 0 Å². The van der Waals surface area contributed by atoms with Crippen molar-refractivity contribution in [3.8, 4) is 0 Å². The van der Waals surface area contributed by atoms with Crippen LogP contribution in [0.2, 0.25) is 0 Å². The summed E-state index contributed by atoms with van der Waals surface area (Å²) in [6, 6.07) is 10.3. The third kappa shape index (κ3) is 2.79. The molecule has 0 unspecified atom stereocenters. The molecule has 0 heterocycles. The van der Waals surface area contributed by atoms with Crippen LogP contribution in [0.3, 0.4) is 0 Å². The lowest BCUT2D eigenvalue weighted by Crippen LogP contribution is -1.88. The Balaban J connectivity index is 2.85. The summed E-state index contributed by atoms with van der Waals surface area (Å²) in [7, 11) is 0. The zero-order valence-corrected chi connectivity index (χ0v) is 8.71. The first kappa shape index (κ1) is 9.00. The maximum Gasteiger partial charge on any atom is 0.114 e. The molecule has 0 saturated heterocycles. The Morgan fingerprint density at radius 3 is 2.55 bits per heavy atom. The molecule has 0 N–H and O–H groups in total. The third-order valence-electron chi connectivity index (χ3n) is 1.21. The predicted molar refractivity (Wildman–Crippen MR) is 57.7 cm³/mol. The van der Waals surface area contributed by atoms with Gasteiger partial charge in [0.2, 0.25) is 0 Å². The molecule has 11 heavy (non-hydrogen) atoms. The molecule has 0 fully saturated rings. The molecule has 0 aliphatic carbocycles. The average molecular weight is 280 g/mol. The number of aliphatic imine (C=N–C) groups is 1. The summed E-state index contributed by atoms with van der Waals surface area (Å²) in [6.45, 7) is 0. The van der Waals surface area contributed by atoms with Gasteiger partial charge in [-0.2, -0.15) is 0 Å². The number of nitrogens with zero attached hydrogens (tertiary/aromatic N) is 1. The van der Waals surface area contributed by atoms with Gasteiger partial charge in [0.1, 0.15) is 9.72 Å². The van der Waals surface area contributed by atoms with Crippen molar-refractivity contribution in [1.82, 2.24) is 0 Å². The maximum atomic E-state index is 5.45. The van der Waals surface area contributed by atoms with Gasteiger partial charge in [0.15, 0.2) is 0 Å². The first-order valence-electron chi connectivity index (χ1n) is 3.16. The van der Waals surface area contributed by atoms with E-state index in [-0.39, 0.29) is 0 Å². The minimum atomic E-state index is 0.327. The molecular formula is C8H7ClIN. The van der Waals surface area contributed by atoms with E-state index in [1.54, 1.807) is 0 Å². The van der Waals surface area contributed by atoms with Gasteiger partial charge in [-0.25, -0.2) is 0 Å². The summed E-state index contributed by atoms with van der Waals surface area (Å²) in [4.78, 5) is 4.06. The molecule has 0 bridgehead atoms. The lowest BCUT2D eigenvalue weighted by atomic mass is 10.2. The predicted octanol–water partition coefficient (Wildman–Crippen LogP) is 3.06. The summed E-state index contributed by atoms with van der Waals surface area (Å²) in [6.07, 6.45) is 0. The van der Waals surface area contributed by atoms with Gasteiger partial charge < -0.3 is 0 Å². The molecule has 0 atom stereocenters. The summed E-state index contributed by atoms with van der Waals surface area (Å²) in [5, 5.41) is 0. The van der Waals surface area contributed by atoms with Gasteiger partial charge >= 0.3 is 0 Å². The zero-order chi connectivity index (χ0) is 8.10. The molecule has 0 spiro atoms. The van der Waals surface area contributed by atoms with Crippen LogP contribution in [-0.2, 0) is 0 Å². The van der Waals surface area contributed by atoms with Crippen LogP contribution >= 0.6 is 34.2 Å². The van der Waals surface area contributed by atoms with Crippen LogP contribution in [0.1, 0.15) is 5.56 Å². The molecule has 1 nitrogen and oxygen atoms in total. The molecule has 0 saturated carbocycles. The van der Waals surface area contributed by atoms with E-state index in [1.807, 2.05) is 30.3 Å². The van der Waals surface area contributed by atoms with E-state index >= 15 is 0 Å². The van der Waals surface area contributed by atoms with Gasteiger partial charge in [0.05, 0.1) is 0 Å². The standard InChI is InChI=1S/C8H7ClIN/c9-6-11-8(10)7-4-2-1-3-5-7/h1-5H,6H2/b11-8-. The Morgan fingerprint density at radius 2 is 2.00 bits per heavy atom. The number of benzene rings is 1. The average Bonchev–Trinajstić information content (AvgIpc) is 2.07. The van der Waals surface area contributed by atoms with E-state index in [9.17, 15) is 0 Å². The van der Waals surface area contributed by atoms with Crippen LogP contribution in [0.5, 0.6) is 0 Å². The minimum Gasteiger partial charge on any atom is -0.262 e. The van der Waals surface area contributed by atoms with E-state index in [2.05, 4.69) is 27.6 Å². The fraction of sp³-hybridized carbons (Fsp3) is 0.125. The molecule has 0 aromatic heterocycles. The van der Waals surface area contributed by atoms with Crippen LogP contribution < -0.4 is 0 Å². The molecule has 1 aromatic rings. The van der Waals surface area contributed by atoms with Gasteiger partial charge in [0.25, 0.3) is 0 Å². The summed E-state index contributed by atoms with van der Waals surface area (Å²) in [5.41, 5.74) is 1.12. The highest BCUT2D eigenvalue weighted by Crippen LogP contribution is 2.06. The van der Waals surface area contributed by atoms with Crippen molar-refractivity contribution in [2.75, 3.05) is 6.00 Å². The van der Waals surface area contributed by atoms with Crippen molar-refractivity contribution in [2.24, 2.45) is 4.99 Å². The Morgan fingerprint density at radius 1 is 1.36 bits per heavy atom. The highest BCUT2D eigenvalue weighted by Gasteiger charge is 1.94. The smallest absolute Gasteiger partial charge is 0.114 e. The number of halogens is 2. The fourth-order valence-corrected chi connectivity index (χ4v) is 1.57. The second kappa shape index (κ2) is 4.72. The van der Waals surface area contributed by atoms with Gasteiger partial charge in [-0.05, 0) is 22.6 Å². The topological polar surface area (TPSA) is 12.4 Å². The minimum absolute atomic E-state index is 0.327. The van der Waals surface area contributed by atoms with E-state index in [4.69, 9.17) is 11.6 Å². The zero-order valence-electron chi connectivity index (χ0n) is 5.80. The Kier molecular flexibility index (Phi) is 3.86. The number of rotatable bonds is 2. The van der Waals surface area contributed by atoms with Crippen LogP contribution in [0, 0.1) is 0 Å².